The first-order valence-corrected chi connectivity index (χ1v) is 18.4. The second-order valence-electron chi connectivity index (χ2n) is 15.5. The Hall–Kier alpha value is -2.89. The van der Waals surface area contributed by atoms with Gasteiger partial charge in [-0.3, -0.25) is 4.79 Å². The molecule has 5 atom stereocenters. The van der Waals surface area contributed by atoms with Crippen LogP contribution in [0.3, 0.4) is 0 Å². The van der Waals surface area contributed by atoms with E-state index in [-0.39, 0.29) is 17.1 Å². The monoisotopic (exact) mass is 612 g/mol. The van der Waals surface area contributed by atoms with Crippen LogP contribution in [-0.4, -0.2) is 14.3 Å². The van der Waals surface area contributed by atoms with Gasteiger partial charge in [0.05, 0.1) is 5.41 Å². The fourth-order valence-electron chi connectivity index (χ4n) is 7.60. The third kappa shape index (κ3) is 6.28. The average Bonchev–Trinajstić information content (AvgIpc) is 3.47. The van der Waals surface area contributed by atoms with Gasteiger partial charge >= 0.3 is 5.97 Å². The lowest BCUT2D eigenvalue weighted by Gasteiger charge is -2.46. The molecule has 1 aliphatic carbocycles. The van der Waals surface area contributed by atoms with Crippen molar-refractivity contribution in [1.29, 1.82) is 0 Å². The molecular weight excluding hydrogens is 561 g/mol. The molecule has 1 aromatic heterocycles. The van der Waals surface area contributed by atoms with Gasteiger partial charge in [-0.05, 0) is 98.2 Å². The van der Waals surface area contributed by atoms with E-state index < -0.39 is 19.8 Å². The Balaban J connectivity index is 1.67. The van der Waals surface area contributed by atoms with Gasteiger partial charge in [0.2, 0.25) is 0 Å². The number of carbonyl (C=O) groups excluding carboxylic acids is 1. The molecule has 0 unspecified atom stereocenters. The van der Waals surface area contributed by atoms with Crippen LogP contribution in [0.15, 0.2) is 88.9 Å². The molecule has 44 heavy (non-hydrogen) atoms. The second kappa shape index (κ2) is 12.5. The highest BCUT2D eigenvalue weighted by atomic mass is 28.4. The second-order valence-corrected chi connectivity index (χ2v) is 19.7. The summed E-state index contributed by atoms with van der Waals surface area (Å²) in [4.78, 5) is 13.3. The number of allylic oxidation sites excluding steroid dienone is 2. The third-order valence-electron chi connectivity index (χ3n) is 10.1. The van der Waals surface area contributed by atoms with Crippen LogP contribution in [0.4, 0.5) is 0 Å². The van der Waals surface area contributed by atoms with E-state index in [1.54, 1.807) is 0 Å². The van der Waals surface area contributed by atoms with E-state index in [9.17, 15) is 4.79 Å². The van der Waals surface area contributed by atoms with Gasteiger partial charge in [-0.1, -0.05) is 107 Å². The van der Waals surface area contributed by atoms with Crippen LogP contribution < -0.4 is 10.4 Å². The summed E-state index contributed by atoms with van der Waals surface area (Å²) >= 11 is 0. The molecule has 2 aliphatic rings. The van der Waals surface area contributed by atoms with Crippen LogP contribution in [0, 0.1) is 29.1 Å². The molecule has 3 aromatic rings. The molecule has 0 saturated carbocycles. The molecule has 0 N–H and O–H groups in total. The number of ether oxygens (including phenoxy) is 1. The molecule has 4 nitrogen and oxygen atoms in total. The molecule has 2 bridgehead atoms. The first-order chi connectivity index (χ1) is 20.7. The van der Waals surface area contributed by atoms with Gasteiger partial charge in [0.1, 0.15) is 17.6 Å². The number of rotatable bonds is 6. The zero-order valence-electron chi connectivity index (χ0n) is 28.2. The van der Waals surface area contributed by atoms with Crippen LogP contribution in [0.5, 0.6) is 0 Å². The molecule has 0 saturated heterocycles. The quantitative estimate of drug-likeness (QED) is 0.158. The van der Waals surface area contributed by atoms with Crippen molar-refractivity contribution in [1.82, 2.24) is 0 Å². The summed E-state index contributed by atoms with van der Waals surface area (Å²) in [5, 5.41) is 2.36. The van der Waals surface area contributed by atoms with Gasteiger partial charge in [-0.25, -0.2) is 0 Å². The van der Waals surface area contributed by atoms with E-state index >= 15 is 0 Å². The molecule has 5 heteroatoms. The van der Waals surface area contributed by atoms with Gasteiger partial charge in [-0.2, -0.15) is 0 Å². The predicted octanol–water partition coefficient (Wildman–Crippen LogP) is 9.18. The van der Waals surface area contributed by atoms with Crippen molar-refractivity contribution < 1.29 is 18.4 Å². The normalized spacial score (nSPS) is 24.5. The van der Waals surface area contributed by atoms with Crippen LogP contribution in [0.1, 0.15) is 105 Å². The Morgan fingerprint density at radius 1 is 0.818 bits per heavy atom. The Morgan fingerprint density at radius 2 is 1.36 bits per heavy atom. The number of furan rings is 1. The minimum Gasteiger partial charge on any atom is -0.459 e. The van der Waals surface area contributed by atoms with E-state index in [1.165, 1.54) is 15.9 Å². The number of hydrogen-bond donors (Lipinski definition) is 0. The third-order valence-corrected chi connectivity index (χ3v) is 15.1. The Morgan fingerprint density at radius 3 is 1.86 bits per heavy atom. The van der Waals surface area contributed by atoms with Gasteiger partial charge in [0, 0.05) is 0 Å². The summed E-state index contributed by atoms with van der Waals surface area (Å²) in [6.07, 6.45) is 4.39. The summed E-state index contributed by atoms with van der Waals surface area (Å²) in [6.45, 7) is 19.7. The van der Waals surface area contributed by atoms with Crippen molar-refractivity contribution in [2.24, 2.45) is 29.1 Å². The Labute approximate surface area is 266 Å². The first kappa shape index (κ1) is 32.5. The molecular formula is C39H52O4Si. The van der Waals surface area contributed by atoms with Crippen molar-refractivity contribution in [3.63, 3.8) is 0 Å². The van der Waals surface area contributed by atoms with Gasteiger partial charge in [0.25, 0.3) is 8.32 Å². The van der Waals surface area contributed by atoms with Gasteiger partial charge < -0.3 is 13.6 Å². The van der Waals surface area contributed by atoms with E-state index in [4.69, 9.17) is 13.6 Å². The molecule has 1 aliphatic heterocycles. The molecule has 236 valence electrons. The molecule has 2 aromatic carbocycles. The van der Waals surface area contributed by atoms with Crippen molar-refractivity contribution in [3.05, 3.63) is 96.0 Å². The Bertz CT molecular complexity index is 1400. The van der Waals surface area contributed by atoms with Crippen molar-refractivity contribution in [2.75, 3.05) is 0 Å². The van der Waals surface area contributed by atoms with Crippen molar-refractivity contribution in [2.45, 2.75) is 98.8 Å². The molecule has 0 fully saturated rings. The Kier molecular flexibility index (Phi) is 9.22. The van der Waals surface area contributed by atoms with Crippen LogP contribution in [0.25, 0.3) is 0 Å². The maximum atomic E-state index is 13.3. The van der Waals surface area contributed by atoms with E-state index in [0.29, 0.717) is 23.7 Å². The summed E-state index contributed by atoms with van der Waals surface area (Å²) in [7, 11) is -2.87. The number of esters is 1. The fraction of sp³-hybridized carbons (Fsp3) is 0.513. The number of hydrogen-bond acceptors (Lipinski definition) is 4. The maximum Gasteiger partial charge on any atom is 0.311 e. The van der Waals surface area contributed by atoms with Crippen LogP contribution in [0.2, 0.25) is 5.04 Å². The zero-order valence-corrected chi connectivity index (χ0v) is 29.2. The highest BCUT2D eigenvalue weighted by Crippen LogP contribution is 2.51. The van der Waals surface area contributed by atoms with E-state index in [0.717, 1.165) is 30.8 Å². The zero-order chi connectivity index (χ0) is 31.9. The summed E-state index contributed by atoms with van der Waals surface area (Å²) in [6, 6.07) is 25.8. The first-order valence-electron chi connectivity index (χ1n) is 16.5. The minimum absolute atomic E-state index is 0.161. The summed E-state index contributed by atoms with van der Waals surface area (Å²) < 4.78 is 20.8. The smallest absolute Gasteiger partial charge is 0.311 e. The van der Waals surface area contributed by atoms with Gasteiger partial charge in [-0.15, -0.1) is 0 Å². The molecule has 0 amide bonds. The number of fused-ring (bicyclic) bond motifs is 3. The summed E-state index contributed by atoms with van der Waals surface area (Å²) in [5.74, 6) is 2.98. The SMILES string of the molecule is CC1=CC[C@H](C(C)C)[C@H]2C[C@@H](OC(=O)C(C)(C)C)c3ccc(o3)[C@@H](O[Si](c3ccccc3)(c3ccccc3)C(C)(C)C)C[C@@H]12. The molecule has 0 radical (unpaired) electrons. The minimum atomic E-state index is -2.87. The highest BCUT2D eigenvalue weighted by Gasteiger charge is 2.53. The largest absolute Gasteiger partial charge is 0.459 e. The van der Waals surface area contributed by atoms with Crippen molar-refractivity contribution >= 4 is 24.7 Å². The topological polar surface area (TPSA) is 48.7 Å². The molecule has 2 heterocycles. The predicted molar refractivity (Wildman–Crippen MR) is 181 cm³/mol. The van der Waals surface area contributed by atoms with Crippen molar-refractivity contribution in [3.8, 4) is 0 Å². The van der Waals surface area contributed by atoms with Crippen LogP contribution in [-0.2, 0) is 14.0 Å². The standard InChI is InChI=1S/C39H52O4Si/c1-26(2)30-21-20-27(3)31-24-36(34-23-22-33(41-34)35(25-32(30)31)42-37(40)38(4,5)6)43-44(39(7,8)9,28-16-12-10-13-17-28)29-18-14-11-15-19-29/h10-20,22-23,26,30-32,35-36H,21,24-25H2,1-9H3/t30-,31+,32-,35-,36+/m1/s1. The lowest BCUT2D eigenvalue weighted by Crippen LogP contribution is -2.67. The van der Waals surface area contributed by atoms with E-state index in [1.807, 2.05) is 26.8 Å². The van der Waals surface area contributed by atoms with E-state index in [2.05, 4.69) is 114 Å². The lowest BCUT2D eigenvalue weighted by atomic mass is 9.64. The maximum absolute atomic E-state index is 13.3. The van der Waals surface area contributed by atoms with Crippen LogP contribution >= 0.6 is 0 Å². The summed E-state index contributed by atoms with van der Waals surface area (Å²) in [5.41, 5.74) is 0.818. The highest BCUT2D eigenvalue weighted by molar-refractivity contribution is 6.99. The molecule has 0 spiro atoms. The number of carbonyl (C=O) groups is 1. The lowest BCUT2D eigenvalue weighted by molar-refractivity contribution is -0.161. The van der Waals surface area contributed by atoms with Gasteiger partial charge in [0.15, 0.2) is 6.10 Å². The molecule has 5 rings (SSSR count). The number of benzene rings is 2. The average molecular weight is 613 g/mol. The fourth-order valence-corrected chi connectivity index (χ4v) is 12.3.